The molecule has 0 N–H and O–H groups in total. The molecule has 27 heavy (non-hydrogen) atoms. The van der Waals surface area contributed by atoms with E-state index in [9.17, 15) is 9.59 Å². The lowest BCUT2D eigenvalue weighted by Crippen LogP contribution is -2.38. The minimum Gasteiger partial charge on any atom is -0.453 e. The molecule has 0 radical (unpaired) electrons. The Balaban J connectivity index is 1.84. The summed E-state index contributed by atoms with van der Waals surface area (Å²) in [7, 11) is 1.37. The number of amides is 1. The van der Waals surface area contributed by atoms with Gasteiger partial charge in [0.15, 0.2) is 0 Å². The van der Waals surface area contributed by atoms with Gasteiger partial charge in [0.2, 0.25) is 5.78 Å². The van der Waals surface area contributed by atoms with Gasteiger partial charge in [-0.2, -0.15) is 5.10 Å². The lowest BCUT2D eigenvalue weighted by Gasteiger charge is -2.25. The standard InChI is InChI=1S/C21H21N3O3/c1-27-21(26)24-14-12-18(13-15-24)22-23-19(16-8-4-2-5-9-16)20(25)17-10-6-3-7-11-17/h2-11H,12-15H2,1H3. The summed E-state index contributed by atoms with van der Waals surface area (Å²) in [6.45, 7) is 1.07. The monoisotopic (exact) mass is 363 g/mol. The third-order valence-corrected chi connectivity index (χ3v) is 4.36. The van der Waals surface area contributed by atoms with Crippen LogP contribution in [-0.4, -0.2) is 48.4 Å². The van der Waals surface area contributed by atoms with Crippen LogP contribution in [0.2, 0.25) is 0 Å². The van der Waals surface area contributed by atoms with Crippen LogP contribution in [0.1, 0.15) is 28.8 Å². The van der Waals surface area contributed by atoms with Crippen molar-refractivity contribution in [1.29, 1.82) is 0 Å². The quantitative estimate of drug-likeness (QED) is 0.474. The summed E-state index contributed by atoms with van der Waals surface area (Å²) in [4.78, 5) is 26.1. The molecule has 1 fully saturated rings. The van der Waals surface area contributed by atoms with Gasteiger partial charge in [0.05, 0.1) is 7.11 Å². The summed E-state index contributed by atoms with van der Waals surface area (Å²) < 4.78 is 4.74. The third-order valence-electron chi connectivity index (χ3n) is 4.36. The fraction of sp³-hybridized carbons (Fsp3) is 0.238. The molecule has 138 valence electrons. The molecule has 6 nitrogen and oxygen atoms in total. The fourth-order valence-corrected chi connectivity index (χ4v) is 2.85. The van der Waals surface area contributed by atoms with Gasteiger partial charge in [-0.25, -0.2) is 4.79 Å². The van der Waals surface area contributed by atoms with E-state index in [4.69, 9.17) is 4.74 Å². The van der Waals surface area contributed by atoms with Crippen molar-refractivity contribution < 1.29 is 14.3 Å². The van der Waals surface area contributed by atoms with E-state index in [1.807, 2.05) is 48.5 Å². The van der Waals surface area contributed by atoms with Gasteiger partial charge in [0.1, 0.15) is 5.71 Å². The maximum atomic E-state index is 12.9. The Kier molecular flexibility index (Phi) is 6.10. The number of carbonyl (C=O) groups excluding carboxylic acids is 2. The van der Waals surface area contributed by atoms with E-state index in [2.05, 4.69) is 10.2 Å². The van der Waals surface area contributed by atoms with Crippen molar-refractivity contribution in [2.45, 2.75) is 12.8 Å². The first-order valence-corrected chi connectivity index (χ1v) is 8.80. The summed E-state index contributed by atoms with van der Waals surface area (Å²) in [6.07, 6.45) is 0.891. The van der Waals surface area contributed by atoms with Gasteiger partial charge >= 0.3 is 6.09 Å². The smallest absolute Gasteiger partial charge is 0.409 e. The normalized spacial score (nSPS) is 14.6. The summed E-state index contributed by atoms with van der Waals surface area (Å²) >= 11 is 0. The van der Waals surface area contributed by atoms with Gasteiger partial charge in [-0.05, 0) is 0 Å². The highest BCUT2D eigenvalue weighted by atomic mass is 16.5. The van der Waals surface area contributed by atoms with Crippen molar-refractivity contribution in [3.63, 3.8) is 0 Å². The number of nitrogens with zero attached hydrogens (tertiary/aromatic N) is 3. The Bertz CT molecular complexity index is 851. The van der Waals surface area contributed by atoms with Gasteiger partial charge in [0, 0.05) is 42.8 Å². The molecule has 0 aromatic heterocycles. The van der Waals surface area contributed by atoms with Crippen molar-refractivity contribution >= 4 is 23.3 Å². The molecule has 6 heteroatoms. The highest BCUT2D eigenvalue weighted by Gasteiger charge is 2.21. The van der Waals surface area contributed by atoms with E-state index < -0.39 is 0 Å². The number of ketones is 1. The van der Waals surface area contributed by atoms with Crippen LogP contribution in [0.15, 0.2) is 70.9 Å². The van der Waals surface area contributed by atoms with Gasteiger partial charge in [0.25, 0.3) is 0 Å². The van der Waals surface area contributed by atoms with E-state index >= 15 is 0 Å². The summed E-state index contributed by atoms with van der Waals surface area (Å²) in [6, 6.07) is 18.4. The molecular weight excluding hydrogens is 342 g/mol. The zero-order valence-corrected chi connectivity index (χ0v) is 15.2. The lowest BCUT2D eigenvalue weighted by atomic mass is 10.0. The van der Waals surface area contributed by atoms with Crippen molar-refractivity contribution in [1.82, 2.24) is 4.90 Å². The van der Waals surface area contributed by atoms with E-state index in [-0.39, 0.29) is 11.9 Å². The average molecular weight is 363 g/mol. The number of hydrogen-bond acceptors (Lipinski definition) is 5. The molecule has 1 amide bonds. The zero-order valence-electron chi connectivity index (χ0n) is 15.2. The maximum Gasteiger partial charge on any atom is 0.409 e. The Hall–Kier alpha value is -3.28. The van der Waals surface area contributed by atoms with Gasteiger partial charge in [-0.1, -0.05) is 60.7 Å². The van der Waals surface area contributed by atoms with Crippen LogP contribution in [0.4, 0.5) is 4.79 Å². The number of carbonyl (C=O) groups is 2. The lowest BCUT2D eigenvalue weighted by molar-refractivity contribution is 0.106. The van der Waals surface area contributed by atoms with E-state index in [0.29, 0.717) is 37.2 Å². The van der Waals surface area contributed by atoms with Crippen LogP contribution < -0.4 is 0 Å². The fourth-order valence-electron chi connectivity index (χ4n) is 2.85. The minimum absolute atomic E-state index is 0.168. The predicted molar refractivity (Wildman–Crippen MR) is 104 cm³/mol. The van der Waals surface area contributed by atoms with E-state index in [1.54, 1.807) is 17.0 Å². The molecule has 0 saturated carbocycles. The van der Waals surface area contributed by atoms with E-state index in [0.717, 1.165) is 11.3 Å². The second kappa shape index (κ2) is 8.89. The van der Waals surface area contributed by atoms with Crippen molar-refractivity contribution in [2.75, 3.05) is 20.2 Å². The van der Waals surface area contributed by atoms with Crippen LogP contribution in [0.3, 0.4) is 0 Å². The SMILES string of the molecule is COC(=O)N1CCC(=NN=C(C(=O)c2ccccc2)c2ccccc2)CC1. The molecule has 0 atom stereocenters. The zero-order chi connectivity index (χ0) is 19.1. The molecule has 1 aliphatic heterocycles. The number of rotatable bonds is 4. The first-order valence-electron chi connectivity index (χ1n) is 8.80. The Morgan fingerprint density at radius 2 is 1.44 bits per heavy atom. The first kappa shape index (κ1) is 18.5. The molecule has 0 aliphatic carbocycles. The van der Waals surface area contributed by atoms with Crippen LogP contribution >= 0.6 is 0 Å². The van der Waals surface area contributed by atoms with Crippen molar-refractivity contribution in [3.05, 3.63) is 71.8 Å². The van der Waals surface area contributed by atoms with Crippen molar-refractivity contribution in [2.24, 2.45) is 10.2 Å². The molecule has 1 saturated heterocycles. The third kappa shape index (κ3) is 4.67. The highest BCUT2D eigenvalue weighted by molar-refractivity contribution is 6.51. The van der Waals surface area contributed by atoms with Crippen LogP contribution in [0, 0.1) is 0 Å². The van der Waals surface area contributed by atoms with Gasteiger partial charge in [-0.15, -0.1) is 5.10 Å². The van der Waals surface area contributed by atoms with Crippen LogP contribution in [0.25, 0.3) is 0 Å². The van der Waals surface area contributed by atoms with Gasteiger partial charge < -0.3 is 9.64 Å². The summed E-state index contributed by atoms with van der Waals surface area (Å²) in [5.74, 6) is -0.168. The number of Topliss-reactive ketones (excluding diaryl/α,β-unsaturated/α-hetero) is 1. The highest BCUT2D eigenvalue weighted by Crippen LogP contribution is 2.12. The first-order chi connectivity index (χ1) is 13.2. The molecular formula is C21H21N3O3. The van der Waals surface area contributed by atoms with E-state index in [1.165, 1.54) is 7.11 Å². The number of ether oxygens (including phenoxy) is 1. The minimum atomic E-state index is -0.332. The largest absolute Gasteiger partial charge is 0.453 e. The predicted octanol–water partition coefficient (Wildman–Crippen LogP) is 3.58. The number of benzene rings is 2. The molecule has 0 bridgehead atoms. The second-order valence-corrected chi connectivity index (χ2v) is 6.13. The number of methoxy groups -OCH3 is 1. The van der Waals surface area contributed by atoms with Crippen LogP contribution in [-0.2, 0) is 4.74 Å². The summed E-state index contributed by atoms with van der Waals surface area (Å²) in [5.41, 5.74) is 2.47. The molecule has 2 aromatic rings. The number of piperidine rings is 1. The Morgan fingerprint density at radius 1 is 0.889 bits per heavy atom. The maximum absolute atomic E-state index is 12.9. The molecule has 1 aliphatic rings. The molecule has 3 rings (SSSR count). The Morgan fingerprint density at radius 3 is 2.00 bits per heavy atom. The molecule has 2 aromatic carbocycles. The Labute approximate surface area is 158 Å². The summed E-state index contributed by atoms with van der Waals surface area (Å²) in [5, 5.41) is 8.64. The molecule has 0 spiro atoms. The average Bonchev–Trinajstić information content (AvgIpc) is 2.75. The van der Waals surface area contributed by atoms with Crippen LogP contribution in [0.5, 0.6) is 0 Å². The second-order valence-electron chi connectivity index (χ2n) is 6.13. The molecule has 1 heterocycles. The number of likely N-dealkylation sites (tertiary alicyclic amines) is 1. The number of hydrogen-bond donors (Lipinski definition) is 0. The van der Waals surface area contributed by atoms with Crippen molar-refractivity contribution in [3.8, 4) is 0 Å². The van der Waals surface area contributed by atoms with Gasteiger partial charge in [-0.3, -0.25) is 4.79 Å². The molecule has 0 unspecified atom stereocenters. The topological polar surface area (TPSA) is 71.3 Å².